The van der Waals surface area contributed by atoms with E-state index in [0.29, 0.717) is 11.5 Å². The Morgan fingerprint density at radius 1 is 1.37 bits per heavy atom. The van der Waals surface area contributed by atoms with E-state index in [0.717, 1.165) is 18.4 Å². The quantitative estimate of drug-likeness (QED) is 0.722. The van der Waals surface area contributed by atoms with E-state index in [-0.39, 0.29) is 12.5 Å². The van der Waals surface area contributed by atoms with Gasteiger partial charge >= 0.3 is 0 Å². The summed E-state index contributed by atoms with van der Waals surface area (Å²) in [7, 11) is 0. The minimum atomic E-state index is -1.35. The van der Waals surface area contributed by atoms with Crippen molar-refractivity contribution in [2.75, 3.05) is 6.54 Å². The average molecular weight is 262 g/mol. The van der Waals surface area contributed by atoms with Crippen molar-refractivity contribution in [3.05, 3.63) is 35.4 Å². The first-order valence-electron chi connectivity index (χ1n) is 6.44. The van der Waals surface area contributed by atoms with E-state index >= 15 is 0 Å². The van der Waals surface area contributed by atoms with Gasteiger partial charge in [-0.05, 0) is 30.4 Å². The standard InChI is InChI=1S/C14H18N2O3/c15-13(18)12(17)8-16-14(19)11-7-2-1-6-10(11)9-4-3-5-9/h1-2,6-7,9,12,17H,3-5,8H2,(H2,15,18)(H,16,19). The zero-order chi connectivity index (χ0) is 13.8. The topological polar surface area (TPSA) is 92.4 Å². The lowest BCUT2D eigenvalue weighted by Crippen LogP contribution is -2.40. The van der Waals surface area contributed by atoms with Gasteiger partial charge in [-0.2, -0.15) is 0 Å². The van der Waals surface area contributed by atoms with Crippen LogP contribution in [0.5, 0.6) is 0 Å². The first-order chi connectivity index (χ1) is 9.09. The Bertz CT molecular complexity index is 483. The van der Waals surface area contributed by atoms with Gasteiger partial charge in [-0.25, -0.2) is 0 Å². The molecule has 0 aromatic heterocycles. The van der Waals surface area contributed by atoms with Crippen molar-refractivity contribution >= 4 is 11.8 Å². The fourth-order valence-electron chi connectivity index (χ4n) is 2.16. The van der Waals surface area contributed by atoms with Gasteiger partial charge in [0.25, 0.3) is 5.91 Å². The number of primary amides is 1. The zero-order valence-electron chi connectivity index (χ0n) is 10.6. The Balaban J connectivity index is 2.04. The number of hydrogen-bond acceptors (Lipinski definition) is 3. The Kier molecular flexibility index (Phi) is 4.16. The van der Waals surface area contributed by atoms with Gasteiger partial charge in [0, 0.05) is 5.56 Å². The molecule has 1 atom stereocenters. The third-order valence-corrected chi connectivity index (χ3v) is 3.53. The number of rotatable bonds is 5. The molecule has 1 saturated carbocycles. The van der Waals surface area contributed by atoms with Crippen LogP contribution in [0, 0.1) is 0 Å². The van der Waals surface area contributed by atoms with Gasteiger partial charge in [-0.15, -0.1) is 0 Å². The summed E-state index contributed by atoms with van der Waals surface area (Å²) in [6.07, 6.45) is 2.06. The number of nitrogens with two attached hydrogens (primary N) is 1. The van der Waals surface area contributed by atoms with Gasteiger partial charge < -0.3 is 16.2 Å². The molecule has 1 aromatic rings. The highest BCUT2D eigenvalue weighted by Gasteiger charge is 2.24. The second kappa shape index (κ2) is 5.84. The molecule has 0 radical (unpaired) electrons. The fourth-order valence-corrected chi connectivity index (χ4v) is 2.16. The summed E-state index contributed by atoms with van der Waals surface area (Å²) in [4.78, 5) is 22.8. The average Bonchev–Trinajstić information content (AvgIpc) is 2.34. The maximum absolute atomic E-state index is 12.1. The van der Waals surface area contributed by atoms with Crippen molar-refractivity contribution in [2.24, 2.45) is 5.73 Å². The van der Waals surface area contributed by atoms with Crippen LogP contribution < -0.4 is 11.1 Å². The second-order valence-corrected chi connectivity index (χ2v) is 4.84. The summed E-state index contributed by atoms with van der Waals surface area (Å²) < 4.78 is 0. The lowest BCUT2D eigenvalue weighted by atomic mass is 9.78. The number of hydrogen-bond donors (Lipinski definition) is 3. The maximum Gasteiger partial charge on any atom is 0.251 e. The number of aliphatic hydroxyl groups excluding tert-OH is 1. The molecule has 19 heavy (non-hydrogen) atoms. The molecule has 1 aliphatic carbocycles. The summed E-state index contributed by atoms with van der Waals surface area (Å²) in [5.41, 5.74) is 6.59. The van der Waals surface area contributed by atoms with Crippen LogP contribution in [0.3, 0.4) is 0 Å². The molecule has 1 aliphatic rings. The van der Waals surface area contributed by atoms with Crippen molar-refractivity contribution < 1.29 is 14.7 Å². The molecule has 0 bridgehead atoms. The van der Waals surface area contributed by atoms with Crippen LogP contribution in [0.4, 0.5) is 0 Å². The van der Waals surface area contributed by atoms with Gasteiger partial charge in [0.2, 0.25) is 5.91 Å². The second-order valence-electron chi connectivity index (χ2n) is 4.84. The predicted octanol–water partition coefficient (Wildman–Crippen LogP) is 0.530. The first-order valence-corrected chi connectivity index (χ1v) is 6.44. The number of carbonyl (C=O) groups is 2. The normalized spacial score (nSPS) is 16.5. The molecule has 0 heterocycles. The third-order valence-electron chi connectivity index (χ3n) is 3.53. The molecule has 5 heteroatoms. The van der Waals surface area contributed by atoms with Gasteiger partial charge in [0.15, 0.2) is 0 Å². The Hall–Kier alpha value is -1.88. The van der Waals surface area contributed by atoms with Crippen LogP contribution in [0.25, 0.3) is 0 Å². The molecule has 0 spiro atoms. The molecule has 0 aliphatic heterocycles. The summed E-state index contributed by atoms with van der Waals surface area (Å²) in [6, 6.07) is 7.45. The summed E-state index contributed by atoms with van der Waals surface area (Å²) >= 11 is 0. The molecule has 1 aromatic carbocycles. The Labute approximate surface area is 111 Å². The predicted molar refractivity (Wildman–Crippen MR) is 70.6 cm³/mol. The lowest BCUT2D eigenvalue weighted by molar-refractivity contribution is -0.125. The van der Waals surface area contributed by atoms with E-state index in [1.165, 1.54) is 6.42 Å². The number of aliphatic hydroxyl groups is 1. The van der Waals surface area contributed by atoms with Crippen molar-refractivity contribution in [1.29, 1.82) is 0 Å². The van der Waals surface area contributed by atoms with E-state index in [2.05, 4.69) is 5.32 Å². The number of carbonyl (C=O) groups excluding carboxylic acids is 2. The molecule has 2 rings (SSSR count). The smallest absolute Gasteiger partial charge is 0.251 e. The Morgan fingerprint density at radius 3 is 2.63 bits per heavy atom. The maximum atomic E-state index is 12.1. The monoisotopic (exact) mass is 262 g/mol. The molecular formula is C14H18N2O3. The molecule has 0 saturated heterocycles. The molecular weight excluding hydrogens is 244 g/mol. The highest BCUT2D eigenvalue weighted by molar-refractivity contribution is 5.96. The van der Waals surface area contributed by atoms with E-state index in [9.17, 15) is 14.7 Å². The van der Waals surface area contributed by atoms with Crippen LogP contribution >= 0.6 is 0 Å². The van der Waals surface area contributed by atoms with E-state index < -0.39 is 12.0 Å². The molecule has 4 N–H and O–H groups in total. The highest BCUT2D eigenvalue weighted by atomic mass is 16.3. The fraction of sp³-hybridized carbons (Fsp3) is 0.429. The number of benzene rings is 1. The molecule has 2 amide bonds. The van der Waals surface area contributed by atoms with E-state index in [1.807, 2.05) is 18.2 Å². The van der Waals surface area contributed by atoms with Gasteiger partial charge in [0.1, 0.15) is 6.10 Å². The largest absolute Gasteiger partial charge is 0.381 e. The van der Waals surface area contributed by atoms with Crippen LogP contribution in [0.15, 0.2) is 24.3 Å². The van der Waals surface area contributed by atoms with Gasteiger partial charge in [-0.1, -0.05) is 24.6 Å². The van der Waals surface area contributed by atoms with Crippen molar-refractivity contribution in [3.63, 3.8) is 0 Å². The summed E-state index contributed by atoms with van der Waals surface area (Å²) in [5, 5.41) is 11.8. The van der Waals surface area contributed by atoms with Crippen molar-refractivity contribution in [3.8, 4) is 0 Å². The molecule has 1 unspecified atom stereocenters. The molecule has 102 valence electrons. The minimum absolute atomic E-state index is 0.160. The first kappa shape index (κ1) is 13.5. The van der Waals surface area contributed by atoms with Crippen molar-refractivity contribution in [2.45, 2.75) is 31.3 Å². The van der Waals surface area contributed by atoms with E-state index in [1.54, 1.807) is 6.07 Å². The minimum Gasteiger partial charge on any atom is -0.381 e. The van der Waals surface area contributed by atoms with Crippen LogP contribution in [-0.4, -0.2) is 29.6 Å². The highest BCUT2D eigenvalue weighted by Crippen LogP contribution is 2.37. The molecule has 5 nitrogen and oxygen atoms in total. The Morgan fingerprint density at radius 2 is 2.05 bits per heavy atom. The van der Waals surface area contributed by atoms with Crippen LogP contribution in [0.1, 0.15) is 41.1 Å². The van der Waals surface area contributed by atoms with Crippen LogP contribution in [0.2, 0.25) is 0 Å². The van der Waals surface area contributed by atoms with Gasteiger partial charge in [-0.3, -0.25) is 9.59 Å². The molecule has 1 fully saturated rings. The van der Waals surface area contributed by atoms with Crippen LogP contribution in [-0.2, 0) is 4.79 Å². The SMILES string of the molecule is NC(=O)C(O)CNC(=O)c1ccccc1C1CCC1. The zero-order valence-corrected chi connectivity index (χ0v) is 10.6. The summed E-state index contributed by atoms with van der Waals surface area (Å²) in [5.74, 6) is -0.668. The van der Waals surface area contributed by atoms with Crippen molar-refractivity contribution in [1.82, 2.24) is 5.32 Å². The summed E-state index contributed by atoms with van der Waals surface area (Å²) in [6.45, 7) is -0.160. The van der Waals surface area contributed by atoms with E-state index in [4.69, 9.17) is 5.73 Å². The number of nitrogens with one attached hydrogen (secondary N) is 1. The lowest BCUT2D eigenvalue weighted by Gasteiger charge is -2.27. The number of amides is 2. The third kappa shape index (κ3) is 3.12. The van der Waals surface area contributed by atoms with Gasteiger partial charge in [0.05, 0.1) is 6.54 Å².